The fourth-order valence-electron chi connectivity index (χ4n) is 3.64. The number of aromatic nitrogens is 6. The van der Waals surface area contributed by atoms with Crippen LogP contribution >= 0.6 is 0 Å². The highest BCUT2D eigenvalue weighted by Crippen LogP contribution is 2.46. The normalized spacial score (nSPS) is 23.8. The van der Waals surface area contributed by atoms with Gasteiger partial charge in [0.05, 0.1) is 17.1 Å². The summed E-state index contributed by atoms with van der Waals surface area (Å²) in [4.78, 5) is 0. The van der Waals surface area contributed by atoms with Crippen molar-refractivity contribution in [2.45, 2.75) is 37.0 Å². The van der Waals surface area contributed by atoms with Gasteiger partial charge in [-0.05, 0) is 55.7 Å². The molecule has 24 heavy (non-hydrogen) atoms. The van der Waals surface area contributed by atoms with Crippen molar-refractivity contribution in [3.8, 4) is 0 Å². The van der Waals surface area contributed by atoms with Crippen LogP contribution in [-0.4, -0.2) is 30.6 Å². The molecule has 1 aliphatic rings. The van der Waals surface area contributed by atoms with Gasteiger partial charge in [-0.25, -0.2) is 0 Å². The highest BCUT2D eigenvalue weighted by molar-refractivity contribution is 5.19. The molecule has 3 aromatic heterocycles. The van der Waals surface area contributed by atoms with E-state index in [9.17, 15) is 0 Å². The molecular formula is C18H18N6. The van der Waals surface area contributed by atoms with Gasteiger partial charge in [0, 0.05) is 36.3 Å². The second-order valence-corrected chi connectivity index (χ2v) is 6.24. The minimum atomic E-state index is 0.339. The molecule has 1 fully saturated rings. The molecule has 0 radical (unpaired) electrons. The first-order chi connectivity index (χ1) is 11.9. The van der Waals surface area contributed by atoms with E-state index >= 15 is 0 Å². The Bertz CT molecular complexity index is 651. The van der Waals surface area contributed by atoms with Crippen molar-refractivity contribution in [2.75, 3.05) is 0 Å². The molecule has 1 saturated carbocycles. The molecule has 1 aliphatic carbocycles. The van der Waals surface area contributed by atoms with Crippen LogP contribution in [0.15, 0.2) is 55.0 Å². The van der Waals surface area contributed by atoms with Gasteiger partial charge < -0.3 is 0 Å². The molecule has 4 rings (SSSR count). The largest absolute Gasteiger partial charge is 0.159 e. The molecule has 0 saturated heterocycles. The summed E-state index contributed by atoms with van der Waals surface area (Å²) < 4.78 is 0. The summed E-state index contributed by atoms with van der Waals surface area (Å²) in [5.74, 6) is 1.02. The molecule has 3 aromatic rings. The molecule has 0 aliphatic heterocycles. The van der Waals surface area contributed by atoms with Crippen LogP contribution in [0.2, 0.25) is 0 Å². The van der Waals surface area contributed by atoms with E-state index in [2.05, 4.69) is 48.8 Å². The summed E-state index contributed by atoms with van der Waals surface area (Å²) in [5.41, 5.74) is 3.12. The van der Waals surface area contributed by atoms with E-state index in [1.807, 2.05) is 18.2 Å². The van der Waals surface area contributed by atoms with E-state index in [1.165, 1.54) is 0 Å². The van der Waals surface area contributed by atoms with Gasteiger partial charge in [-0.1, -0.05) is 0 Å². The zero-order valence-electron chi connectivity index (χ0n) is 13.2. The molecule has 0 N–H and O–H groups in total. The fraction of sp³-hybridized carbons (Fsp3) is 0.333. The Labute approximate surface area is 140 Å². The number of hydrogen-bond donors (Lipinski definition) is 0. The third-order valence-electron chi connectivity index (χ3n) is 4.74. The monoisotopic (exact) mass is 318 g/mol. The van der Waals surface area contributed by atoms with E-state index in [0.717, 1.165) is 36.3 Å². The molecule has 3 heterocycles. The Kier molecular flexibility index (Phi) is 4.18. The summed E-state index contributed by atoms with van der Waals surface area (Å²) in [7, 11) is 0. The summed E-state index contributed by atoms with van der Waals surface area (Å²) in [6, 6.07) is 12.0. The molecule has 0 aromatic carbocycles. The molecule has 0 unspecified atom stereocenters. The molecular weight excluding hydrogens is 300 g/mol. The lowest BCUT2D eigenvalue weighted by Gasteiger charge is -2.33. The van der Waals surface area contributed by atoms with Gasteiger partial charge in [0.25, 0.3) is 0 Å². The standard InChI is InChI=1S/C18H18N6/c1-4-16(22-19-7-1)13-10-14(17-5-2-8-20-23-17)12-15(11-13)18-6-3-9-21-24-18/h1-9,13-15H,10-12H2. The van der Waals surface area contributed by atoms with Crippen molar-refractivity contribution in [1.82, 2.24) is 30.6 Å². The van der Waals surface area contributed by atoms with Gasteiger partial charge in [-0.15, -0.1) is 0 Å². The van der Waals surface area contributed by atoms with Crippen LogP contribution in [0.3, 0.4) is 0 Å². The first kappa shape index (κ1) is 14.8. The van der Waals surface area contributed by atoms with E-state index in [4.69, 9.17) is 0 Å². The zero-order valence-corrected chi connectivity index (χ0v) is 13.2. The Morgan fingerprint density at radius 3 is 1.12 bits per heavy atom. The Hall–Kier alpha value is -2.76. The SMILES string of the molecule is c1cnnc(C2CC(c3cccnn3)CC(c3cccnn3)C2)c1. The number of rotatable bonds is 3. The predicted molar refractivity (Wildman–Crippen MR) is 88.2 cm³/mol. The summed E-state index contributed by atoms with van der Waals surface area (Å²) >= 11 is 0. The molecule has 0 spiro atoms. The van der Waals surface area contributed by atoms with Crippen LogP contribution in [0.5, 0.6) is 0 Å². The predicted octanol–water partition coefficient (Wildman–Crippen LogP) is 2.89. The van der Waals surface area contributed by atoms with Crippen LogP contribution in [0.4, 0.5) is 0 Å². The number of nitrogens with zero attached hydrogens (tertiary/aromatic N) is 6. The maximum atomic E-state index is 4.34. The van der Waals surface area contributed by atoms with Crippen molar-refractivity contribution in [3.63, 3.8) is 0 Å². The maximum absolute atomic E-state index is 4.34. The summed E-state index contributed by atoms with van der Waals surface area (Å²) in [6.07, 6.45) is 8.17. The lowest BCUT2D eigenvalue weighted by atomic mass is 9.71. The van der Waals surface area contributed by atoms with Gasteiger partial charge >= 0.3 is 0 Å². The average Bonchev–Trinajstić information content (AvgIpc) is 2.70. The van der Waals surface area contributed by atoms with E-state index in [0.29, 0.717) is 17.8 Å². The second kappa shape index (κ2) is 6.78. The zero-order chi connectivity index (χ0) is 16.2. The number of hydrogen-bond acceptors (Lipinski definition) is 6. The average molecular weight is 318 g/mol. The van der Waals surface area contributed by atoms with E-state index in [-0.39, 0.29) is 0 Å². The van der Waals surface area contributed by atoms with Crippen molar-refractivity contribution in [3.05, 3.63) is 72.1 Å². The van der Waals surface area contributed by atoms with Crippen molar-refractivity contribution >= 4 is 0 Å². The molecule has 0 bridgehead atoms. The van der Waals surface area contributed by atoms with Crippen molar-refractivity contribution in [1.29, 1.82) is 0 Å². The quantitative estimate of drug-likeness (QED) is 0.739. The van der Waals surface area contributed by atoms with E-state index in [1.54, 1.807) is 18.6 Å². The van der Waals surface area contributed by atoms with E-state index < -0.39 is 0 Å². The molecule has 0 atom stereocenters. The van der Waals surface area contributed by atoms with Crippen LogP contribution in [-0.2, 0) is 0 Å². The lowest BCUT2D eigenvalue weighted by Crippen LogP contribution is -2.22. The third-order valence-corrected chi connectivity index (χ3v) is 4.74. The van der Waals surface area contributed by atoms with Gasteiger partial charge in [-0.2, -0.15) is 30.6 Å². The minimum absolute atomic E-state index is 0.339. The smallest absolute Gasteiger partial charge is 0.0662 e. The van der Waals surface area contributed by atoms with Crippen molar-refractivity contribution in [2.24, 2.45) is 0 Å². The van der Waals surface area contributed by atoms with Crippen LogP contribution < -0.4 is 0 Å². The van der Waals surface area contributed by atoms with Gasteiger partial charge in [-0.3, -0.25) is 0 Å². The maximum Gasteiger partial charge on any atom is 0.0662 e. The summed E-state index contributed by atoms with van der Waals surface area (Å²) in [6.45, 7) is 0. The Morgan fingerprint density at radius 2 is 0.875 bits per heavy atom. The van der Waals surface area contributed by atoms with Crippen LogP contribution in [0, 0.1) is 0 Å². The minimum Gasteiger partial charge on any atom is -0.159 e. The highest BCUT2D eigenvalue weighted by Gasteiger charge is 2.33. The highest BCUT2D eigenvalue weighted by atomic mass is 15.1. The molecule has 6 heteroatoms. The summed E-state index contributed by atoms with van der Waals surface area (Å²) in [5, 5.41) is 25.2. The first-order valence-electron chi connectivity index (χ1n) is 8.23. The Balaban J connectivity index is 1.66. The fourth-order valence-corrected chi connectivity index (χ4v) is 3.64. The van der Waals surface area contributed by atoms with Crippen LogP contribution in [0.1, 0.15) is 54.1 Å². The van der Waals surface area contributed by atoms with Crippen molar-refractivity contribution < 1.29 is 0 Å². The van der Waals surface area contributed by atoms with Crippen LogP contribution in [0.25, 0.3) is 0 Å². The molecule has 0 amide bonds. The second-order valence-electron chi connectivity index (χ2n) is 6.24. The van der Waals surface area contributed by atoms with Gasteiger partial charge in [0.15, 0.2) is 0 Å². The van der Waals surface area contributed by atoms with Gasteiger partial charge in [0.1, 0.15) is 0 Å². The first-order valence-corrected chi connectivity index (χ1v) is 8.23. The third kappa shape index (κ3) is 3.13. The Morgan fingerprint density at radius 1 is 0.542 bits per heavy atom. The molecule has 6 nitrogen and oxygen atoms in total. The molecule has 120 valence electrons. The van der Waals surface area contributed by atoms with Gasteiger partial charge in [0.2, 0.25) is 0 Å². The topological polar surface area (TPSA) is 77.3 Å². The lowest BCUT2D eigenvalue weighted by molar-refractivity contribution is 0.335.